The van der Waals surface area contributed by atoms with Crippen molar-refractivity contribution in [2.24, 2.45) is 5.10 Å². The summed E-state index contributed by atoms with van der Waals surface area (Å²) in [4.78, 5) is 12.0. The summed E-state index contributed by atoms with van der Waals surface area (Å²) >= 11 is 0. The molecule has 0 atom stereocenters. The summed E-state index contributed by atoms with van der Waals surface area (Å²) in [6.45, 7) is 3.84. The number of nitrogens with two attached hydrogens (primary N) is 1. The van der Waals surface area contributed by atoms with Crippen LogP contribution in [0.4, 0.5) is 5.82 Å². The topological polar surface area (TPSA) is 73.5 Å². The molecule has 0 aliphatic carbocycles. The standard InChI is InChI=1S/C17H17N3O2/c1-3-14-13(12-6-4-5-7-15(12)22-14)10-19-20-16(18)8-11(2)9-17(20)21/h4-10H,3,18H2,1-2H3/b19-10-. The van der Waals surface area contributed by atoms with Crippen LogP contribution in [0.3, 0.4) is 0 Å². The molecular formula is C17H17N3O2. The average Bonchev–Trinajstić information content (AvgIpc) is 2.84. The van der Waals surface area contributed by atoms with Crippen molar-refractivity contribution in [3.8, 4) is 0 Å². The second-order valence-electron chi connectivity index (χ2n) is 5.14. The van der Waals surface area contributed by atoms with E-state index in [1.807, 2.05) is 38.1 Å². The Balaban J connectivity index is 2.12. The molecule has 112 valence electrons. The van der Waals surface area contributed by atoms with Gasteiger partial charge in [-0.3, -0.25) is 4.79 Å². The molecule has 0 amide bonds. The molecule has 0 bridgehead atoms. The van der Waals surface area contributed by atoms with E-state index in [1.54, 1.807) is 12.3 Å². The average molecular weight is 295 g/mol. The predicted molar refractivity (Wildman–Crippen MR) is 88.4 cm³/mol. The van der Waals surface area contributed by atoms with Crippen LogP contribution >= 0.6 is 0 Å². The fourth-order valence-electron chi connectivity index (χ4n) is 2.48. The lowest BCUT2D eigenvalue weighted by Gasteiger charge is -2.03. The van der Waals surface area contributed by atoms with Gasteiger partial charge in [-0.1, -0.05) is 25.1 Å². The van der Waals surface area contributed by atoms with Crippen LogP contribution in [-0.2, 0) is 6.42 Å². The van der Waals surface area contributed by atoms with Gasteiger partial charge in [0.25, 0.3) is 5.56 Å². The minimum Gasteiger partial charge on any atom is -0.460 e. The van der Waals surface area contributed by atoms with E-state index in [9.17, 15) is 4.79 Å². The first-order valence-electron chi connectivity index (χ1n) is 7.14. The molecule has 3 aromatic rings. The third-order valence-electron chi connectivity index (χ3n) is 3.51. The molecule has 0 saturated carbocycles. The Kier molecular flexibility index (Phi) is 3.55. The van der Waals surface area contributed by atoms with Crippen molar-refractivity contribution in [1.82, 2.24) is 4.68 Å². The summed E-state index contributed by atoms with van der Waals surface area (Å²) in [6.07, 6.45) is 2.38. The van der Waals surface area contributed by atoms with Crippen molar-refractivity contribution < 1.29 is 4.42 Å². The summed E-state index contributed by atoms with van der Waals surface area (Å²) < 4.78 is 7.00. The molecule has 0 fully saturated rings. The number of pyridine rings is 1. The van der Waals surface area contributed by atoms with Crippen LogP contribution in [0.15, 0.2) is 50.7 Å². The second-order valence-corrected chi connectivity index (χ2v) is 5.14. The molecule has 5 nitrogen and oxygen atoms in total. The fraction of sp³-hybridized carbons (Fsp3) is 0.176. The van der Waals surface area contributed by atoms with Crippen LogP contribution < -0.4 is 11.3 Å². The monoisotopic (exact) mass is 295 g/mol. The number of hydrogen-bond acceptors (Lipinski definition) is 4. The molecule has 0 aliphatic heterocycles. The molecule has 5 heteroatoms. The summed E-state index contributed by atoms with van der Waals surface area (Å²) in [6, 6.07) is 11.0. The maximum Gasteiger partial charge on any atom is 0.273 e. The molecule has 0 saturated heterocycles. The van der Waals surface area contributed by atoms with E-state index >= 15 is 0 Å². The summed E-state index contributed by atoms with van der Waals surface area (Å²) in [5, 5.41) is 5.22. The molecule has 1 aromatic carbocycles. The molecule has 3 rings (SSSR count). The Morgan fingerprint density at radius 1 is 1.32 bits per heavy atom. The number of aromatic nitrogens is 1. The lowest BCUT2D eigenvalue weighted by Crippen LogP contribution is -2.19. The van der Waals surface area contributed by atoms with E-state index in [-0.39, 0.29) is 5.56 Å². The van der Waals surface area contributed by atoms with Crippen molar-refractivity contribution >= 4 is 23.0 Å². The number of nitrogens with zero attached hydrogens (tertiary/aromatic N) is 2. The van der Waals surface area contributed by atoms with Crippen molar-refractivity contribution in [3.05, 3.63) is 63.6 Å². The molecule has 2 aromatic heterocycles. The van der Waals surface area contributed by atoms with Gasteiger partial charge in [-0.25, -0.2) is 0 Å². The number of aryl methyl sites for hydroxylation is 2. The summed E-state index contributed by atoms with van der Waals surface area (Å²) in [7, 11) is 0. The molecular weight excluding hydrogens is 278 g/mol. The van der Waals surface area contributed by atoms with Crippen LogP contribution in [0.5, 0.6) is 0 Å². The van der Waals surface area contributed by atoms with Gasteiger partial charge in [0.15, 0.2) is 0 Å². The number of anilines is 1. The van der Waals surface area contributed by atoms with Crippen LogP contribution in [0, 0.1) is 6.92 Å². The van der Waals surface area contributed by atoms with Gasteiger partial charge >= 0.3 is 0 Å². The van der Waals surface area contributed by atoms with Crippen LogP contribution in [0.1, 0.15) is 23.8 Å². The lowest BCUT2D eigenvalue weighted by molar-refractivity contribution is 0.556. The zero-order valence-electron chi connectivity index (χ0n) is 12.5. The highest BCUT2D eigenvalue weighted by molar-refractivity contribution is 5.99. The summed E-state index contributed by atoms with van der Waals surface area (Å²) in [5.41, 5.74) is 8.13. The van der Waals surface area contributed by atoms with Gasteiger partial charge in [0, 0.05) is 23.4 Å². The predicted octanol–water partition coefficient (Wildman–Crippen LogP) is 2.93. The smallest absolute Gasteiger partial charge is 0.273 e. The molecule has 22 heavy (non-hydrogen) atoms. The van der Waals surface area contributed by atoms with Crippen molar-refractivity contribution in [2.45, 2.75) is 20.3 Å². The minimum atomic E-state index is -0.250. The van der Waals surface area contributed by atoms with E-state index in [1.165, 1.54) is 10.7 Å². The largest absolute Gasteiger partial charge is 0.460 e. The highest BCUT2D eigenvalue weighted by Crippen LogP contribution is 2.24. The van der Waals surface area contributed by atoms with Crippen LogP contribution in [0.2, 0.25) is 0 Å². The minimum absolute atomic E-state index is 0.250. The first kappa shape index (κ1) is 14.1. The first-order valence-corrected chi connectivity index (χ1v) is 7.14. The van der Waals surface area contributed by atoms with E-state index in [4.69, 9.17) is 10.2 Å². The van der Waals surface area contributed by atoms with Gasteiger partial charge in [0.1, 0.15) is 17.2 Å². The Morgan fingerprint density at radius 3 is 2.82 bits per heavy atom. The Labute approximate surface area is 127 Å². The fourth-order valence-corrected chi connectivity index (χ4v) is 2.48. The second kappa shape index (κ2) is 5.52. The zero-order valence-corrected chi connectivity index (χ0v) is 12.5. The number of fused-ring (bicyclic) bond motifs is 1. The number of benzene rings is 1. The number of para-hydroxylation sites is 1. The third kappa shape index (κ3) is 2.41. The number of hydrogen-bond donors (Lipinski definition) is 1. The van der Waals surface area contributed by atoms with E-state index < -0.39 is 0 Å². The Bertz CT molecular complexity index is 919. The van der Waals surface area contributed by atoms with Gasteiger partial charge in [0.05, 0.1) is 6.21 Å². The maximum atomic E-state index is 12.0. The van der Waals surface area contributed by atoms with E-state index in [2.05, 4.69) is 5.10 Å². The maximum absolute atomic E-state index is 12.0. The van der Waals surface area contributed by atoms with Crippen LogP contribution in [-0.4, -0.2) is 10.9 Å². The summed E-state index contributed by atoms with van der Waals surface area (Å²) in [5.74, 6) is 1.15. The SMILES string of the molecule is CCc1oc2ccccc2c1/C=N\n1c(N)cc(C)cc1=O. The van der Waals surface area contributed by atoms with Gasteiger partial charge < -0.3 is 10.2 Å². The highest BCUT2D eigenvalue weighted by atomic mass is 16.3. The molecule has 2 N–H and O–H groups in total. The molecule has 0 unspecified atom stereocenters. The van der Waals surface area contributed by atoms with Gasteiger partial charge in [-0.15, -0.1) is 0 Å². The molecule has 0 radical (unpaired) electrons. The zero-order chi connectivity index (χ0) is 15.7. The van der Waals surface area contributed by atoms with Crippen molar-refractivity contribution in [2.75, 3.05) is 5.73 Å². The molecule has 2 heterocycles. The molecule has 0 aliphatic rings. The lowest BCUT2D eigenvalue weighted by atomic mass is 10.1. The highest BCUT2D eigenvalue weighted by Gasteiger charge is 2.10. The normalized spacial score (nSPS) is 11.5. The Morgan fingerprint density at radius 2 is 2.09 bits per heavy atom. The van der Waals surface area contributed by atoms with Gasteiger partial charge in [0.2, 0.25) is 0 Å². The van der Waals surface area contributed by atoms with Crippen molar-refractivity contribution in [3.63, 3.8) is 0 Å². The van der Waals surface area contributed by atoms with E-state index in [0.717, 1.165) is 34.3 Å². The first-order chi connectivity index (χ1) is 10.6. The number of nitrogen functional groups attached to an aromatic ring is 1. The van der Waals surface area contributed by atoms with Gasteiger partial charge in [-0.05, 0) is 24.6 Å². The van der Waals surface area contributed by atoms with Crippen LogP contribution in [0.25, 0.3) is 11.0 Å². The quantitative estimate of drug-likeness (QED) is 0.755. The van der Waals surface area contributed by atoms with Crippen molar-refractivity contribution in [1.29, 1.82) is 0 Å². The Hall–Kier alpha value is -2.82. The third-order valence-corrected chi connectivity index (χ3v) is 3.51. The van der Waals surface area contributed by atoms with E-state index in [0.29, 0.717) is 5.82 Å². The number of rotatable bonds is 3. The molecule has 0 spiro atoms. The number of furan rings is 1. The van der Waals surface area contributed by atoms with Gasteiger partial charge in [-0.2, -0.15) is 9.78 Å².